The SMILES string of the molecule is CC(C)c1c(C(=O)OCc2nc3ccccc3o2)cnn1-c1ccccn1. The Morgan fingerprint density at radius 2 is 2.00 bits per heavy atom. The molecule has 7 heteroatoms. The number of esters is 1. The molecule has 27 heavy (non-hydrogen) atoms. The summed E-state index contributed by atoms with van der Waals surface area (Å²) in [6.07, 6.45) is 3.20. The van der Waals surface area contributed by atoms with Crippen molar-refractivity contribution in [2.24, 2.45) is 0 Å². The summed E-state index contributed by atoms with van der Waals surface area (Å²) < 4.78 is 12.7. The Morgan fingerprint density at radius 1 is 1.19 bits per heavy atom. The molecule has 0 radical (unpaired) electrons. The molecular weight excluding hydrogens is 344 g/mol. The van der Waals surface area contributed by atoms with E-state index in [1.165, 1.54) is 6.20 Å². The highest BCUT2D eigenvalue weighted by molar-refractivity contribution is 5.90. The minimum Gasteiger partial charge on any atom is -0.452 e. The number of fused-ring (bicyclic) bond motifs is 1. The smallest absolute Gasteiger partial charge is 0.342 e. The third-order valence-electron chi connectivity index (χ3n) is 4.10. The van der Waals surface area contributed by atoms with E-state index in [1.54, 1.807) is 10.9 Å². The average Bonchev–Trinajstić information content (AvgIpc) is 3.31. The number of nitrogens with zero attached hydrogens (tertiary/aromatic N) is 4. The summed E-state index contributed by atoms with van der Waals surface area (Å²) in [4.78, 5) is 21.3. The summed E-state index contributed by atoms with van der Waals surface area (Å²) in [7, 11) is 0. The van der Waals surface area contributed by atoms with Gasteiger partial charge in [0.1, 0.15) is 11.1 Å². The van der Waals surface area contributed by atoms with Crippen molar-refractivity contribution in [3.63, 3.8) is 0 Å². The first-order valence-corrected chi connectivity index (χ1v) is 8.64. The number of rotatable bonds is 5. The molecule has 0 spiro atoms. The highest BCUT2D eigenvalue weighted by Gasteiger charge is 2.23. The van der Waals surface area contributed by atoms with Crippen LogP contribution in [0, 0.1) is 0 Å². The zero-order valence-electron chi connectivity index (χ0n) is 15.0. The van der Waals surface area contributed by atoms with Gasteiger partial charge in [-0.05, 0) is 30.2 Å². The Balaban J connectivity index is 1.57. The quantitative estimate of drug-likeness (QED) is 0.501. The fourth-order valence-electron chi connectivity index (χ4n) is 2.92. The summed E-state index contributed by atoms with van der Waals surface area (Å²) in [5.74, 6) is 0.594. The average molecular weight is 362 g/mol. The van der Waals surface area contributed by atoms with Crippen molar-refractivity contribution in [2.45, 2.75) is 26.4 Å². The molecule has 0 atom stereocenters. The van der Waals surface area contributed by atoms with Crippen molar-refractivity contribution in [1.29, 1.82) is 0 Å². The first-order valence-electron chi connectivity index (χ1n) is 8.64. The molecule has 4 rings (SSSR count). The summed E-state index contributed by atoms with van der Waals surface area (Å²) in [5, 5.41) is 4.33. The van der Waals surface area contributed by atoms with Crippen molar-refractivity contribution in [3.8, 4) is 5.82 Å². The number of hydrogen-bond donors (Lipinski definition) is 0. The Hall–Kier alpha value is -3.48. The predicted molar refractivity (Wildman–Crippen MR) is 98.6 cm³/mol. The van der Waals surface area contributed by atoms with E-state index < -0.39 is 5.97 Å². The molecule has 0 saturated heterocycles. The van der Waals surface area contributed by atoms with Gasteiger partial charge in [-0.2, -0.15) is 5.10 Å². The Bertz CT molecular complexity index is 1050. The van der Waals surface area contributed by atoms with Gasteiger partial charge < -0.3 is 9.15 Å². The van der Waals surface area contributed by atoms with Crippen LogP contribution in [-0.4, -0.2) is 25.7 Å². The molecule has 3 heterocycles. The van der Waals surface area contributed by atoms with E-state index in [4.69, 9.17) is 9.15 Å². The third kappa shape index (κ3) is 3.31. The van der Waals surface area contributed by atoms with Crippen molar-refractivity contribution in [3.05, 3.63) is 72.0 Å². The number of para-hydroxylation sites is 2. The lowest BCUT2D eigenvalue weighted by Gasteiger charge is -2.11. The summed E-state index contributed by atoms with van der Waals surface area (Å²) >= 11 is 0. The number of pyridine rings is 1. The number of oxazole rings is 1. The molecule has 0 unspecified atom stereocenters. The molecule has 0 N–H and O–H groups in total. The maximum atomic E-state index is 12.6. The topological polar surface area (TPSA) is 83.0 Å². The van der Waals surface area contributed by atoms with Gasteiger partial charge in [0.25, 0.3) is 0 Å². The zero-order valence-corrected chi connectivity index (χ0v) is 15.0. The minimum absolute atomic E-state index is 0.0418. The van der Waals surface area contributed by atoms with Gasteiger partial charge in [0.15, 0.2) is 18.0 Å². The molecule has 0 amide bonds. The Labute approximate surface area is 155 Å². The highest BCUT2D eigenvalue weighted by Crippen LogP contribution is 2.23. The van der Waals surface area contributed by atoms with Gasteiger partial charge in [0, 0.05) is 6.20 Å². The van der Waals surface area contributed by atoms with Crippen LogP contribution >= 0.6 is 0 Å². The monoisotopic (exact) mass is 362 g/mol. The molecule has 0 aliphatic carbocycles. The van der Waals surface area contributed by atoms with Crippen molar-refractivity contribution >= 4 is 17.1 Å². The van der Waals surface area contributed by atoms with Gasteiger partial charge in [-0.1, -0.05) is 32.0 Å². The number of hydrogen-bond acceptors (Lipinski definition) is 6. The van der Waals surface area contributed by atoms with E-state index in [0.717, 1.165) is 11.2 Å². The maximum absolute atomic E-state index is 12.6. The van der Waals surface area contributed by atoms with Crippen LogP contribution in [0.25, 0.3) is 16.9 Å². The molecular formula is C20H18N4O3. The first-order chi connectivity index (χ1) is 13.1. The molecule has 0 saturated carbocycles. The standard InChI is InChI=1S/C20H18N4O3/c1-13(2)19-14(11-22-24(19)17-9-5-6-10-21-17)20(25)26-12-18-23-15-7-3-4-8-16(15)27-18/h3-11,13H,12H2,1-2H3. The number of ether oxygens (including phenoxy) is 1. The van der Waals surface area contributed by atoms with E-state index in [1.807, 2.05) is 56.3 Å². The van der Waals surface area contributed by atoms with Crippen LogP contribution in [0.1, 0.15) is 41.7 Å². The molecule has 3 aromatic heterocycles. The molecule has 4 aromatic rings. The molecule has 136 valence electrons. The summed E-state index contributed by atoms with van der Waals surface area (Å²) in [5.41, 5.74) is 2.55. The largest absolute Gasteiger partial charge is 0.452 e. The second-order valence-electron chi connectivity index (χ2n) is 6.35. The van der Waals surface area contributed by atoms with Crippen molar-refractivity contribution in [1.82, 2.24) is 19.7 Å². The molecule has 1 aromatic carbocycles. The van der Waals surface area contributed by atoms with Gasteiger partial charge in [-0.3, -0.25) is 0 Å². The lowest BCUT2D eigenvalue weighted by atomic mass is 10.1. The van der Waals surface area contributed by atoms with Gasteiger partial charge >= 0.3 is 5.97 Å². The number of carbonyl (C=O) groups excluding carboxylic acids is 1. The number of aromatic nitrogens is 4. The van der Waals surface area contributed by atoms with Gasteiger partial charge in [-0.25, -0.2) is 19.4 Å². The second-order valence-corrected chi connectivity index (χ2v) is 6.35. The van der Waals surface area contributed by atoms with Crippen LogP contribution < -0.4 is 0 Å². The van der Waals surface area contributed by atoms with Crippen LogP contribution in [0.3, 0.4) is 0 Å². The van der Waals surface area contributed by atoms with Crippen LogP contribution in [-0.2, 0) is 11.3 Å². The molecule has 0 fully saturated rings. The first kappa shape index (κ1) is 17.0. The van der Waals surface area contributed by atoms with Crippen LogP contribution in [0.2, 0.25) is 0 Å². The number of benzene rings is 1. The van der Waals surface area contributed by atoms with Crippen LogP contribution in [0.15, 0.2) is 59.3 Å². The highest BCUT2D eigenvalue weighted by atomic mass is 16.5. The Morgan fingerprint density at radius 3 is 2.74 bits per heavy atom. The van der Waals surface area contributed by atoms with E-state index in [-0.39, 0.29) is 12.5 Å². The zero-order chi connectivity index (χ0) is 18.8. The fourth-order valence-corrected chi connectivity index (χ4v) is 2.92. The van der Waals surface area contributed by atoms with E-state index in [0.29, 0.717) is 22.9 Å². The molecule has 0 aliphatic heterocycles. The summed E-state index contributed by atoms with van der Waals surface area (Å²) in [6, 6.07) is 13.0. The Kier molecular flexibility index (Phi) is 4.42. The molecule has 0 aliphatic rings. The summed E-state index contributed by atoms with van der Waals surface area (Å²) in [6.45, 7) is 3.95. The lowest BCUT2D eigenvalue weighted by Crippen LogP contribution is -2.11. The van der Waals surface area contributed by atoms with E-state index >= 15 is 0 Å². The third-order valence-corrected chi connectivity index (χ3v) is 4.10. The van der Waals surface area contributed by atoms with Crippen molar-refractivity contribution in [2.75, 3.05) is 0 Å². The normalized spacial score (nSPS) is 11.2. The van der Waals surface area contributed by atoms with Gasteiger partial charge in [-0.15, -0.1) is 0 Å². The van der Waals surface area contributed by atoms with Crippen molar-refractivity contribution < 1.29 is 13.9 Å². The van der Waals surface area contributed by atoms with E-state index in [9.17, 15) is 4.79 Å². The van der Waals surface area contributed by atoms with Crippen LogP contribution in [0.4, 0.5) is 0 Å². The number of carbonyl (C=O) groups is 1. The lowest BCUT2D eigenvalue weighted by molar-refractivity contribution is 0.0438. The van der Waals surface area contributed by atoms with Gasteiger partial charge in [0.2, 0.25) is 5.89 Å². The minimum atomic E-state index is -0.469. The fraction of sp³-hybridized carbons (Fsp3) is 0.200. The van der Waals surface area contributed by atoms with Gasteiger partial charge in [0.05, 0.1) is 11.9 Å². The molecule has 7 nitrogen and oxygen atoms in total. The van der Waals surface area contributed by atoms with Crippen LogP contribution in [0.5, 0.6) is 0 Å². The second kappa shape index (κ2) is 7.03. The van der Waals surface area contributed by atoms with E-state index in [2.05, 4.69) is 15.1 Å². The molecule has 0 bridgehead atoms. The maximum Gasteiger partial charge on any atom is 0.342 e. The predicted octanol–water partition coefficient (Wildman–Crippen LogP) is 3.89.